The molecule has 0 saturated carbocycles. The van der Waals surface area contributed by atoms with Crippen LogP contribution in [0.25, 0.3) is 0 Å². The molecule has 0 radical (unpaired) electrons. The van der Waals surface area contributed by atoms with Crippen molar-refractivity contribution in [3.63, 3.8) is 0 Å². The highest BCUT2D eigenvalue weighted by Crippen LogP contribution is 2.35. The van der Waals surface area contributed by atoms with Gasteiger partial charge in [-0.15, -0.1) is 0 Å². The Bertz CT molecular complexity index is 570. The number of hydrogen-bond acceptors (Lipinski definition) is 4. The fourth-order valence-electron chi connectivity index (χ4n) is 2.74. The maximum absolute atomic E-state index is 12.7. The summed E-state index contributed by atoms with van der Waals surface area (Å²) >= 11 is 0. The van der Waals surface area contributed by atoms with Crippen molar-refractivity contribution in [1.29, 1.82) is 0 Å². The zero-order valence-electron chi connectivity index (χ0n) is 13.5. The van der Waals surface area contributed by atoms with Crippen molar-refractivity contribution in [2.45, 2.75) is 38.3 Å². The zero-order valence-corrected chi connectivity index (χ0v) is 13.5. The Morgan fingerprint density at radius 1 is 1.33 bits per heavy atom. The van der Waals surface area contributed by atoms with Crippen LogP contribution in [0.1, 0.15) is 25.5 Å². The van der Waals surface area contributed by atoms with Crippen LogP contribution in [-0.4, -0.2) is 53.9 Å². The number of ether oxygens (including phenoxy) is 1. The number of amides is 1. The minimum Gasteiger partial charge on any atom is -0.379 e. The van der Waals surface area contributed by atoms with Crippen molar-refractivity contribution in [3.8, 4) is 0 Å². The van der Waals surface area contributed by atoms with Crippen LogP contribution in [0.3, 0.4) is 0 Å². The number of carbonyl (C=O) groups is 1. The van der Waals surface area contributed by atoms with Gasteiger partial charge in [0, 0.05) is 24.3 Å². The molecule has 3 unspecified atom stereocenters. The molecule has 0 spiro atoms. The van der Waals surface area contributed by atoms with Crippen LogP contribution >= 0.6 is 0 Å². The summed E-state index contributed by atoms with van der Waals surface area (Å²) in [5.74, 6) is -0.228. The summed E-state index contributed by atoms with van der Waals surface area (Å²) in [7, 11) is 0. The third-order valence-corrected chi connectivity index (χ3v) is 3.77. The molecule has 2 N–H and O–H groups in total. The van der Waals surface area contributed by atoms with E-state index in [0.717, 1.165) is 0 Å². The summed E-state index contributed by atoms with van der Waals surface area (Å²) < 4.78 is 43.7. The fraction of sp³-hybridized carbons (Fsp3) is 0.562. The Balaban J connectivity index is 2.03. The van der Waals surface area contributed by atoms with Crippen LogP contribution in [0.15, 0.2) is 24.3 Å². The fourth-order valence-corrected chi connectivity index (χ4v) is 2.74. The third-order valence-electron chi connectivity index (χ3n) is 3.77. The lowest BCUT2D eigenvalue weighted by Crippen LogP contribution is -2.49. The monoisotopic (exact) mass is 346 g/mol. The summed E-state index contributed by atoms with van der Waals surface area (Å²) in [6, 6.07) is 5.53. The number of morpholine rings is 1. The van der Waals surface area contributed by atoms with Crippen molar-refractivity contribution >= 4 is 11.6 Å². The van der Waals surface area contributed by atoms with E-state index in [2.05, 4.69) is 5.32 Å². The highest BCUT2D eigenvalue weighted by Gasteiger charge is 2.40. The molecule has 1 amide bonds. The van der Waals surface area contributed by atoms with E-state index in [-0.39, 0.29) is 35.9 Å². The summed E-state index contributed by atoms with van der Waals surface area (Å²) in [6.45, 7) is 4.45. The second-order valence-electron chi connectivity index (χ2n) is 5.94. The number of benzene rings is 1. The van der Waals surface area contributed by atoms with E-state index in [1.807, 2.05) is 13.8 Å². The standard InChI is InChI=1S/C16H21F3N2O3/c1-10-8-21(9-11(2)24-10)14(22)7-20-13-6-4-3-5-12(13)15(23)16(17,18)19/h3-6,10-11,15,20,23H,7-9H2,1-2H3. The Kier molecular flexibility index (Phi) is 5.71. The minimum absolute atomic E-state index is 0.0861. The maximum Gasteiger partial charge on any atom is 0.418 e. The highest BCUT2D eigenvalue weighted by atomic mass is 19.4. The van der Waals surface area contributed by atoms with E-state index in [1.165, 1.54) is 24.3 Å². The number of aliphatic hydroxyl groups is 1. The molecule has 1 aromatic rings. The molecule has 5 nitrogen and oxygen atoms in total. The quantitative estimate of drug-likeness (QED) is 0.878. The average molecular weight is 346 g/mol. The number of carbonyl (C=O) groups excluding carboxylic acids is 1. The Labute approximate surface area is 138 Å². The maximum atomic E-state index is 12.7. The number of halogens is 3. The number of hydrogen-bond donors (Lipinski definition) is 2. The van der Waals surface area contributed by atoms with Gasteiger partial charge in [0.25, 0.3) is 0 Å². The van der Waals surface area contributed by atoms with Gasteiger partial charge >= 0.3 is 6.18 Å². The summed E-state index contributed by atoms with van der Waals surface area (Å²) in [5, 5.41) is 12.1. The molecule has 134 valence electrons. The molecule has 0 aromatic heterocycles. The molecule has 2 rings (SSSR count). The molecular weight excluding hydrogens is 325 g/mol. The van der Waals surface area contributed by atoms with Crippen LogP contribution in [0.4, 0.5) is 18.9 Å². The summed E-state index contributed by atoms with van der Waals surface area (Å²) in [5.41, 5.74) is -0.216. The lowest BCUT2D eigenvalue weighted by atomic mass is 10.1. The van der Waals surface area contributed by atoms with Gasteiger partial charge in [-0.05, 0) is 19.9 Å². The van der Waals surface area contributed by atoms with Crippen LogP contribution in [0.2, 0.25) is 0 Å². The first-order chi connectivity index (χ1) is 11.2. The van der Waals surface area contributed by atoms with Crippen molar-refractivity contribution in [3.05, 3.63) is 29.8 Å². The average Bonchev–Trinajstić information content (AvgIpc) is 2.50. The van der Waals surface area contributed by atoms with Gasteiger partial charge < -0.3 is 20.1 Å². The van der Waals surface area contributed by atoms with Crippen molar-refractivity contribution in [2.24, 2.45) is 0 Å². The van der Waals surface area contributed by atoms with E-state index in [1.54, 1.807) is 4.90 Å². The Hall–Kier alpha value is -1.80. The smallest absolute Gasteiger partial charge is 0.379 e. The molecule has 1 aliphatic rings. The van der Waals surface area contributed by atoms with Gasteiger partial charge in [0.15, 0.2) is 6.10 Å². The number of para-hydroxylation sites is 1. The predicted octanol–water partition coefficient (Wildman–Crippen LogP) is 2.33. The van der Waals surface area contributed by atoms with Crippen LogP contribution in [0, 0.1) is 0 Å². The molecule has 1 aliphatic heterocycles. The van der Waals surface area contributed by atoms with Gasteiger partial charge in [-0.3, -0.25) is 4.79 Å². The van der Waals surface area contributed by atoms with Gasteiger partial charge in [0.05, 0.1) is 18.8 Å². The van der Waals surface area contributed by atoms with Crippen molar-refractivity contribution in [2.75, 3.05) is 25.0 Å². The van der Waals surface area contributed by atoms with Crippen molar-refractivity contribution < 1.29 is 27.8 Å². The van der Waals surface area contributed by atoms with Crippen LogP contribution < -0.4 is 5.32 Å². The summed E-state index contributed by atoms with van der Waals surface area (Å²) in [6.07, 6.45) is -7.54. The van der Waals surface area contributed by atoms with Gasteiger partial charge in [-0.1, -0.05) is 18.2 Å². The van der Waals surface area contributed by atoms with E-state index >= 15 is 0 Å². The largest absolute Gasteiger partial charge is 0.418 e. The second-order valence-corrected chi connectivity index (χ2v) is 5.94. The molecule has 24 heavy (non-hydrogen) atoms. The first kappa shape index (κ1) is 18.5. The molecule has 1 aromatic carbocycles. The lowest BCUT2D eigenvalue weighted by molar-refractivity contribution is -0.206. The molecule has 1 saturated heterocycles. The van der Waals surface area contributed by atoms with Gasteiger partial charge in [0.2, 0.25) is 5.91 Å². The number of rotatable bonds is 4. The normalized spacial score (nSPS) is 23.0. The first-order valence-electron chi connectivity index (χ1n) is 7.69. The first-order valence-corrected chi connectivity index (χ1v) is 7.69. The lowest BCUT2D eigenvalue weighted by Gasteiger charge is -2.35. The second kappa shape index (κ2) is 7.40. The predicted molar refractivity (Wildman–Crippen MR) is 82.5 cm³/mol. The SMILES string of the molecule is CC1CN(C(=O)CNc2ccccc2C(O)C(F)(F)F)CC(C)O1. The molecule has 1 fully saturated rings. The van der Waals surface area contributed by atoms with Gasteiger partial charge in [0.1, 0.15) is 0 Å². The molecule has 1 heterocycles. The molecule has 3 atom stereocenters. The van der Waals surface area contributed by atoms with Crippen LogP contribution in [-0.2, 0) is 9.53 Å². The van der Waals surface area contributed by atoms with Crippen LogP contribution in [0.5, 0.6) is 0 Å². The Morgan fingerprint density at radius 3 is 2.50 bits per heavy atom. The topological polar surface area (TPSA) is 61.8 Å². The molecule has 0 bridgehead atoms. The molecule has 0 aliphatic carbocycles. The van der Waals surface area contributed by atoms with E-state index in [9.17, 15) is 23.1 Å². The Morgan fingerprint density at radius 2 is 1.92 bits per heavy atom. The number of nitrogens with zero attached hydrogens (tertiary/aromatic N) is 1. The van der Waals surface area contributed by atoms with E-state index in [4.69, 9.17) is 4.74 Å². The number of anilines is 1. The van der Waals surface area contributed by atoms with Gasteiger partial charge in [-0.2, -0.15) is 13.2 Å². The minimum atomic E-state index is -4.77. The highest BCUT2D eigenvalue weighted by molar-refractivity contribution is 5.81. The van der Waals surface area contributed by atoms with E-state index in [0.29, 0.717) is 13.1 Å². The number of nitrogens with one attached hydrogen (secondary N) is 1. The summed E-state index contributed by atoms with van der Waals surface area (Å²) in [4.78, 5) is 13.9. The van der Waals surface area contributed by atoms with Gasteiger partial charge in [-0.25, -0.2) is 0 Å². The van der Waals surface area contributed by atoms with Crippen molar-refractivity contribution in [1.82, 2.24) is 4.90 Å². The number of aliphatic hydroxyl groups excluding tert-OH is 1. The third kappa shape index (κ3) is 4.61. The molecule has 8 heteroatoms. The zero-order chi connectivity index (χ0) is 17.9. The molecular formula is C16H21F3N2O3. The number of alkyl halides is 3. The van der Waals surface area contributed by atoms with E-state index < -0.39 is 12.3 Å².